The third-order valence-electron chi connectivity index (χ3n) is 5.43. The van der Waals surface area contributed by atoms with Gasteiger partial charge in [-0.1, -0.05) is 0 Å². The summed E-state index contributed by atoms with van der Waals surface area (Å²) < 4.78 is 28.9. The zero-order chi connectivity index (χ0) is 16.2. The number of carbonyl (C=O) groups is 1. The predicted octanol–water partition coefficient (Wildman–Crippen LogP) is 0.442. The normalized spacial score (nSPS) is 32.0. The molecule has 4 heterocycles. The van der Waals surface area contributed by atoms with Crippen molar-refractivity contribution in [2.45, 2.75) is 36.8 Å². The van der Waals surface area contributed by atoms with Gasteiger partial charge in [0.25, 0.3) is 10.0 Å². The van der Waals surface area contributed by atoms with Gasteiger partial charge in [0.2, 0.25) is 5.91 Å². The lowest BCUT2D eigenvalue weighted by molar-refractivity contribution is -0.143. The fourth-order valence-corrected chi connectivity index (χ4v) is 5.95. The summed E-state index contributed by atoms with van der Waals surface area (Å²) in [6.45, 7) is 1.70. The maximum absolute atomic E-state index is 12.8. The number of fused-ring (bicyclic) bond motifs is 4. The van der Waals surface area contributed by atoms with Crippen molar-refractivity contribution in [2.75, 3.05) is 19.6 Å². The molecule has 0 saturated carbocycles. The van der Waals surface area contributed by atoms with E-state index in [0.717, 1.165) is 19.3 Å². The van der Waals surface area contributed by atoms with Crippen LogP contribution in [-0.2, 0) is 21.9 Å². The lowest BCUT2D eigenvalue weighted by Crippen LogP contribution is -2.61. The third kappa shape index (κ3) is 2.48. The van der Waals surface area contributed by atoms with Crippen LogP contribution in [0.15, 0.2) is 17.6 Å². The highest BCUT2D eigenvalue weighted by atomic mass is 32.2. The van der Waals surface area contributed by atoms with E-state index in [4.69, 9.17) is 0 Å². The van der Waals surface area contributed by atoms with Crippen LogP contribution in [-0.4, -0.2) is 58.8 Å². The van der Waals surface area contributed by atoms with Crippen LogP contribution in [0.3, 0.4) is 0 Å². The van der Waals surface area contributed by atoms with Crippen LogP contribution >= 0.6 is 0 Å². The van der Waals surface area contributed by atoms with Gasteiger partial charge in [0, 0.05) is 45.3 Å². The number of nitrogens with zero attached hydrogens (tertiary/aromatic N) is 4. The van der Waals surface area contributed by atoms with Gasteiger partial charge >= 0.3 is 0 Å². The van der Waals surface area contributed by atoms with E-state index in [9.17, 15) is 13.2 Å². The van der Waals surface area contributed by atoms with Crippen LogP contribution in [0.5, 0.6) is 0 Å². The van der Waals surface area contributed by atoms with E-state index < -0.39 is 10.0 Å². The van der Waals surface area contributed by atoms with Crippen molar-refractivity contribution in [3.05, 3.63) is 12.5 Å². The minimum atomic E-state index is -3.54. The summed E-state index contributed by atoms with van der Waals surface area (Å²) in [6, 6.07) is 0.217. The summed E-state index contributed by atoms with van der Waals surface area (Å²) in [5, 5.41) is 0.122. The molecule has 1 amide bonds. The molecular weight excluding hydrogens is 316 g/mol. The Balaban J connectivity index is 1.59. The van der Waals surface area contributed by atoms with Crippen LogP contribution < -0.4 is 0 Å². The largest absolute Gasteiger partial charge is 0.339 e. The second kappa shape index (κ2) is 5.31. The number of aromatic nitrogens is 2. The van der Waals surface area contributed by atoms with Gasteiger partial charge in [-0.25, -0.2) is 13.4 Å². The zero-order valence-corrected chi connectivity index (χ0v) is 14.1. The number of sulfonamides is 1. The second-order valence-corrected chi connectivity index (χ2v) is 8.95. The number of carbonyl (C=O) groups excluding carboxylic acids is 1. The Hall–Kier alpha value is -1.41. The summed E-state index contributed by atoms with van der Waals surface area (Å²) in [7, 11) is -1.77. The van der Waals surface area contributed by atoms with E-state index in [0.29, 0.717) is 26.1 Å². The number of piperidine rings is 3. The van der Waals surface area contributed by atoms with Crippen LogP contribution in [0.2, 0.25) is 0 Å². The summed E-state index contributed by atoms with van der Waals surface area (Å²) in [4.78, 5) is 18.2. The second-order valence-electron chi connectivity index (χ2n) is 7.07. The molecule has 3 saturated heterocycles. The molecule has 3 fully saturated rings. The van der Waals surface area contributed by atoms with Crippen molar-refractivity contribution in [1.29, 1.82) is 0 Å². The fourth-order valence-electron chi connectivity index (χ4n) is 4.42. The van der Waals surface area contributed by atoms with Crippen molar-refractivity contribution in [3.63, 3.8) is 0 Å². The first kappa shape index (κ1) is 15.1. The van der Waals surface area contributed by atoms with Gasteiger partial charge in [-0.3, -0.25) is 4.79 Å². The first-order valence-electron chi connectivity index (χ1n) is 8.23. The van der Waals surface area contributed by atoms with Crippen molar-refractivity contribution in [1.82, 2.24) is 18.8 Å². The maximum atomic E-state index is 12.8. The van der Waals surface area contributed by atoms with E-state index in [-0.39, 0.29) is 28.8 Å². The Morgan fingerprint density at radius 1 is 1.26 bits per heavy atom. The van der Waals surface area contributed by atoms with E-state index in [1.807, 2.05) is 4.90 Å². The molecule has 0 N–H and O–H groups in total. The van der Waals surface area contributed by atoms with Crippen molar-refractivity contribution >= 4 is 15.9 Å². The first-order chi connectivity index (χ1) is 10.9. The minimum Gasteiger partial charge on any atom is -0.339 e. The molecule has 0 unspecified atom stereocenters. The number of aryl methyl sites for hydroxylation is 1. The minimum absolute atomic E-state index is 0.122. The van der Waals surface area contributed by atoms with Crippen LogP contribution in [0.4, 0.5) is 0 Å². The highest BCUT2D eigenvalue weighted by molar-refractivity contribution is 7.89. The van der Waals surface area contributed by atoms with Gasteiger partial charge < -0.3 is 9.47 Å². The van der Waals surface area contributed by atoms with E-state index >= 15 is 0 Å². The van der Waals surface area contributed by atoms with Gasteiger partial charge in [0.05, 0.1) is 6.33 Å². The molecule has 3 aliphatic rings. The topological polar surface area (TPSA) is 75.5 Å². The van der Waals surface area contributed by atoms with Crippen LogP contribution in [0.25, 0.3) is 0 Å². The molecule has 7 nitrogen and oxygen atoms in total. The molecule has 0 aromatic carbocycles. The molecule has 23 heavy (non-hydrogen) atoms. The Morgan fingerprint density at radius 3 is 2.83 bits per heavy atom. The fraction of sp³-hybridized carbons (Fsp3) is 0.733. The molecule has 0 aliphatic carbocycles. The van der Waals surface area contributed by atoms with E-state index in [1.54, 1.807) is 22.1 Å². The van der Waals surface area contributed by atoms with Gasteiger partial charge in [-0.05, 0) is 31.1 Å². The smallest absolute Gasteiger partial charge is 0.262 e. The standard InChI is InChI=1S/C15H22N4O3S/c1-17-9-14(16-10-17)23(21,22)18-6-11-5-12(8-18)13-3-2-4-15(20)19(13)7-11/h9-13H,2-8H2,1H3/t11-,12-,13+/m1/s1. The molecule has 8 heteroatoms. The molecule has 126 valence electrons. The lowest BCUT2D eigenvalue weighted by Gasteiger charge is -2.51. The summed E-state index contributed by atoms with van der Waals surface area (Å²) in [5.74, 6) is 0.743. The Morgan fingerprint density at radius 2 is 2.09 bits per heavy atom. The van der Waals surface area contributed by atoms with Crippen LogP contribution in [0, 0.1) is 11.8 Å². The number of imidazole rings is 1. The molecule has 4 rings (SSSR count). The summed E-state index contributed by atoms with van der Waals surface area (Å²) in [6.07, 6.45) is 6.67. The molecule has 0 spiro atoms. The molecule has 0 radical (unpaired) electrons. The predicted molar refractivity (Wildman–Crippen MR) is 82.9 cm³/mol. The number of rotatable bonds is 2. The third-order valence-corrected chi connectivity index (χ3v) is 7.15. The zero-order valence-electron chi connectivity index (χ0n) is 13.3. The molecule has 2 bridgehead atoms. The Bertz CT molecular complexity index is 729. The highest BCUT2D eigenvalue weighted by Gasteiger charge is 2.46. The monoisotopic (exact) mass is 338 g/mol. The molecule has 1 aromatic rings. The summed E-state index contributed by atoms with van der Waals surface area (Å²) in [5.41, 5.74) is 0. The lowest BCUT2D eigenvalue weighted by atomic mass is 9.76. The van der Waals surface area contributed by atoms with Gasteiger partial charge in [-0.2, -0.15) is 4.31 Å². The number of amides is 1. The van der Waals surface area contributed by atoms with Gasteiger partial charge in [-0.15, -0.1) is 0 Å². The average Bonchev–Trinajstić information content (AvgIpc) is 2.96. The van der Waals surface area contributed by atoms with E-state index in [2.05, 4.69) is 4.98 Å². The van der Waals surface area contributed by atoms with Crippen molar-refractivity contribution in [3.8, 4) is 0 Å². The number of hydrogen-bond donors (Lipinski definition) is 0. The Kier molecular flexibility index (Phi) is 3.49. The number of hydrogen-bond acceptors (Lipinski definition) is 4. The first-order valence-corrected chi connectivity index (χ1v) is 9.67. The van der Waals surface area contributed by atoms with Gasteiger partial charge in [0.1, 0.15) is 0 Å². The quantitative estimate of drug-likeness (QED) is 0.784. The van der Waals surface area contributed by atoms with Gasteiger partial charge in [0.15, 0.2) is 5.03 Å². The van der Waals surface area contributed by atoms with Crippen molar-refractivity contribution < 1.29 is 13.2 Å². The molecular formula is C15H22N4O3S. The molecule has 3 atom stereocenters. The average molecular weight is 338 g/mol. The maximum Gasteiger partial charge on any atom is 0.262 e. The van der Waals surface area contributed by atoms with Crippen molar-refractivity contribution in [2.24, 2.45) is 18.9 Å². The molecule has 3 aliphatic heterocycles. The SMILES string of the molecule is Cn1cnc(S(=O)(=O)N2C[C@H]3C[C@H](C2)[C@@H]2CCCC(=O)N2C3)c1. The summed E-state index contributed by atoms with van der Waals surface area (Å²) >= 11 is 0. The van der Waals surface area contributed by atoms with E-state index in [1.165, 1.54) is 6.33 Å². The Labute approximate surface area is 136 Å². The molecule has 1 aromatic heterocycles. The highest BCUT2D eigenvalue weighted by Crippen LogP contribution is 2.39. The van der Waals surface area contributed by atoms with Crippen LogP contribution in [0.1, 0.15) is 25.7 Å².